The summed E-state index contributed by atoms with van der Waals surface area (Å²) in [6.45, 7) is 2.22. The Balaban J connectivity index is 1.64. The van der Waals surface area contributed by atoms with Crippen LogP contribution in [-0.4, -0.2) is 92.8 Å². The number of carbonyl (C=O) groups excluding carboxylic acids is 2. The molecule has 11 heteroatoms. The van der Waals surface area contributed by atoms with Crippen LogP contribution in [0.5, 0.6) is 34.5 Å². The van der Waals surface area contributed by atoms with E-state index in [-0.39, 0.29) is 6.61 Å². The predicted octanol–water partition coefficient (Wildman–Crippen LogP) is 3.98. The third-order valence-electron chi connectivity index (χ3n) is 6.21. The first kappa shape index (κ1) is 33.9. The molecule has 230 valence electrons. The maximum atomic E-state index is 12.5. The van der Waals surface area contributed by atoms with Crippen LogP contribution < -0.4 is 28.4 Å². The van der Waals surface area contributed by atoms with Gasteiger partial charge < -0.3 is 42.8 Å². The molecule has 0 fully saturated rings. The molecule has 0 aromatic heterocycles. The summed E-state index contributed by atoms with van der Waals surface area (Å²) in [5.74, 6) is 6.77. The Kier molecular flexibility index (Phi) is 14.7. The van der Waals surface area contributed by atoms with Gasteiger partial charge >= 0.3 is 11.9 Å². The van der Waals surface area contributed by atoms with E-state index < -0.39 is 11.9 Å². The summed E-state index contributed by atoms with van der Waals surface area (Å²) >= 11 is 0. The molecular formula is C31H41NO10. The molecule has 0 aliphatic heterocycles. The van der Waals surface area contributed by atoms with Crippen molar-refractivity contribution in [3.63, 3.8) is 0 Å². The van der Waals surface area contributed by atoms with Crippen LogP contribution in [0.3, 0.4) is 0 Å². The van der Waals surface area contributed by atoms with Crippen LogP contribution in [0.4, 0.5) is 0 Å². The second-order valence-electron chi connectivity index (χ2n) is 9.07. The van der Waals surface area contributed by atoms with E-state index >= 15 is 0 Å². The molecule has 2 rings (SSSR count). The minimum Gasteiger partial charge on any atom is -0.493 e. The van der Waals surface area contributed by atoms with Gasteiger partial charge in [-0.15, -0.1) is 0 Å². The van der Waals surface area contributed by atoms with E-state index in [1.807, 2.05) is 7.05 Å². The van der Waals surface area contributed by atoms with Crippen LogP contribution in [0.2, 0.25) is 0 Å². The minimum atomic E-state index is -0.604. The molecule has 0 radical (unpaired) electrons. The Morgan fingerprint density at radius 2 is 1.14 bits per heavy atom. The Labute approximate surface area is 247 Å². The van der Waals surface area contributed by atoms with E-state index in [9.17, 15) is 9.59 Å². The van der Waals surface area contributed by atoms with Crippen LogP contribution in [0.1, 0.15) is 41.6 Å². The van der Waals surface area contributed by atoms with Crippen molar-refractivity contribution in [2.45, 2.75) is 25.7 Å². The zero-order valence-electron chi connectivity index (χ0n) is 25.5. The molecule has 11 nitrogen and oxygen atoms in total. The van der Waals surface area contributed by atoms with Crippen molar-refractivity contribution in [2.75, 3.05) is 76.0 Å². The largest absolute Gasteiger partial charge is 0.493 e. The average molecular weight is 588 g/mol. The first-order valence-electron chi connectivity index (χ1n) is 13.5. The van der Waals surface area contributed by atoms with Gasteiger partial charge in [0, 0.05) is 18.0 Å². The predicted molar refractivity (Wildman–Crippen MR) is 156 cm³/mol. The molecule has 0 unspecified atom stereocenters. The van der Waals surface area contributed by atoms with Gasteiger partial charge in [-0.2, -0.15) is 0 Å². The minimum absolute atomic E-state index is 0.268. The first-order chi connectivity index (χ1) is 20.3. The van der Waals surface area contributed by atoms with Crippen molar-refractivity contribution < 1.29 is 47.5 Å². The van der Waals surface area contributed by atoms with E-state index in [0.717, 1.165) is 32.4 Å². The van der Waals surface area contributed by atoms with Gasteiger partial charge in [-0.05, 0) is 63.5 Å². The Morgan fingerprint density at radius 3 is 1.67 bits per heavy atom. The van der Waals surface area contributed by atoms with Crippen LogP contribution in [0.25, 0.3) is 0 Å². The van der Waals surface area contributed by atoms with Crippen molar-refractivity contribution in [3.05, 3.63) is 35.4 Å². The zero-order valence-corrected chi connectivity index (χ0v) is 25.5. The summed E-state index contributed by atoms with van der Waals surface area (Å²) in [6.07, 6.45) is 3.27. The third-order valence-corrected chi connectivity index (χ3v) is 6.21. The smallest absolute Gasteiger partial charge is 0.384 e. The van der Waals surface area contributed by atoms with Crippen LogP contribution in [0.15, 0.2) is 24.3 Å². The Hall–Kier alpha value is -4.30. The number of nitrogens with zero attached hydrogens (tertiary/aromatic N) is 1. The lowest BCUT2D eigenvalue weighted by molar-refractivity contribution is -0.136. The van der Waals surface area contributed by atoms with Gasteiger partial charge in [0.15, 0.2) is 23.0 Å². The zero-order chi connectivity index (χ0) is 30.9. The van der Waals surface area contributed by atoms with Gasteiger partial charge in [-0.25, -0.2) is 9.59 Å². The van der Waals surface area contributed by atoms with Crippen molar-refractivity contribution in [1.82, 2.24) is 4.90 Å². The number of ether oxygens (including phenoxy) is 8. The van der Waals surface area contributed by atoms with Crippen molar-refractivity contribution >= 4 is 11.9 Å². The molecule has 0 heterocycles. The monoisotopic (exact) mass is 587 g/mol. The Morgan fingerprint density at radius 1 is 0.643 bits per heavy atom. The molecule has 0 saturated heterocycles. The number of benzene rings is 2. The topological polar surface area (TPSA) is 111 Å². The standard InChI is InChI=1S/C31H41NO10/c1-32(14-9-8-10-16-42-31(34)23-20-26(37-4)30(40-7)27(21-23)38-5)15-11-17-41-28(33)13-12-22-18-24(35-2)29(39-6)25(19-22)36-3/h18-21H,8-11,14-17H2,1-7H3. The summed E-state index contributed by atoms with van der Waals surface area (Å²) in [4.78, 5) is 26.7. The van der Waals surface area contributed by atoms with Crippen molar-refractivity contribution in [3.8, 4) is 46.3 Å². The fourth-order valence-corrected chi connectivity index (χ4v) is 4.03. The second-order valence-corrected chi connectivity index (χ2v) is 9.07. The van der Waals surface area contributed by atoms with Gasteiger partial charge in [-0.3, -0.25) is 0 Å². The molecule has 0 atom stereocenters. The summed E-state index contributed by atoms with van der Waals surface area (Å²) < 4.78 is 42.4. The fourth-order valence-electron chi connectivity index (χ4n) is 4.03. The summed E-state index contributed by atoms with van der Waals surface area (Å²) in [5.41, 5.74) is 0.870. The normalized spacial score (nSPS) is 10.3. The highest BCUT2D eigenvalue weighted by Gasteiger charge is 2.18. The number of unbranched alkanes of at least 4 members (excludes halogenated alkanes) is 2. The summed E-state index contributed by atoms with van der Waals surface area (Å²) in [5, 5.41) is 0. The maximum Gasteiger partial charge on any atom is 0.384 e. The Bertz CT molecular complexity index is 1180. The quantitative estimate of drug-likeness (QED) is 0.152. The third kappa shape index (κ3) is 10.3. The molecule has 0 aliphatic rings. The van der Waals surface area contributed by atoms with Crippen LogP contribution >= 0.6 is 0 Å². The number of hydrogen-bond acceptors (Lipinski definition) is 11. The molecule has 2 aromatic rings. The van der Waals surface area contributed by atoms with E-state index in [1.54, 1.807) is 24.3 Å². The number of hydrogen-bond donors (Lipinski definition) is 0. The van der Waals surface area contributed by atoms with E-state index in [4.69, 9.17) is 37.9 Å². The van der Waals surface area contributed by atoms with Gasteiger partial charge in [0.05, 0.1) is 61.4 Å². The molecule has 0 bridgehead atoms. The van der Waals surface area contributed by atoms with Crippen LogP contribution in [-0.2, 0) is 14.3 Å². The molecule has 0 amide bonds. The molecule has 0 N–H and O–H groups in total. The van der Waals surface area contributed by atoms with Gasteiger partial charge in [-0.1, -0.05) is 5.92 Å². The summed E-state index contributed by atoms with van der Waals surface area (Å²) in [7, 11) is 11.0. The number of carbonyl (C=O) groups is 2. The molecular weight excluding hydrogens is 546 g/mol. The van der Waals surface area contributed by atoms with Gasteiger partial charge in [0.25, 0.3) is 0 Å². The lowest BCUT2D eigenvalue weighted by atomic mass is 10.2. The van der Waals surface area contributed by atoms with Gasteiger partial charge in [0.2, 0.25) is 11.5 Å². The number of rotatable bonds is 17. The van der Waals surface area contributed by atoms with E-state index in [1.165, 1.54) is 42.7 Å². The van der Waals surface area contributed by atoms with E-state index in [0.29, 0.717) is 58.7 Å². The molecule has 42 heavy (non-hydrogen) atoms. The maximum absolute atomic E-state index is 12.5. The summed E-state index contributed by atoms with van der Waals surface area (Å²) in [6, 6.07) is 6.46. The number of esters is 2. The second kappa shape index (κ2) is 18.2. The SMILES string of the molecule is COc1cc(C#CC(=O)OCCCN(C)CCCCCOC(=O)c2cc(OC)c(OC)c(OC)c2)cc(OC)c1OC. The van der Waals surface area contributed by atoms with Crippen molar-refractivity contribution in [2.24, 2.45) is 0 Å². The van der Waals surface area contributed by atoms with Crippen molar-refractivity contribution in [1.29, 1.82) is 0 Å². The highest BCUT2D eigenvalue weighted by Crippen LogP contribution is 2.39. The average Bonchev–Trinajstić information content (AvgIpc) is 3.01. The molecule has 0 saturated carbocycles. The molecule has 0 aliphatic carbocycles. The highest BCUT2D eigenvalue weighted by atomic mass is 16.5. The first-order valence-corrected chi connectivity index (χ1v) is 13.5. The molecule has 0 spiro atoms. The van der Waals surface area contributed by atoms with E-state index in [2.05, 4.69) is 16.7 Å². The number of methoxy groups -OCH3 is 6. The lowest BCUT2D eigenvalue weighted by Gasteiger charge is -2.16. The lowest BCUT2D eigenvalue weighted by Crippen LogP contribution is -2.22. The fraction of sp³-hybridized carbons (Fsp3) is 0.484. The molecule has 2 aromatic carbocycles. The van der Waals surface area contributed by atoms with Gasteiger partial charge in [0.1, 0.15) is 0 Å². The highest BCUT2D eigenvalue weighted by molar-refractivity contribution is 5.91. The van der Waals surface area contributed by atoms with Crippen LogP contribution in [0, 0.1) is 11.8 Å².